The summed E-state index contributed by atoms with van der Waals surface area (Å²) < 4.78 is 10.5. The number of alkyl carbamates (subject to hydrolysis) is 1. The Labute approximate surface area is 119 Å². The molecular weight excluding hydrogens is 256 g/mol. The first-order chi connectivity index (χ1) is 9.78. The Hall–Kier alpha value is -1.59. The lowest BCUT2D eigenvalue weighted by Crippen LogP contribution is -2.39. The molecule has 2 atom stereocenters. The van der Waals surface area contributed by atoms with Gasteiger partial charge >= 0.3 is 6.09 Å². The number of nitrogens with two attached hydrogens (primary N) is 1. The van der Waals surface area contributed by atoms with Gasteiger partial charge in [-0.25, -0.2) is 4.79 Å². The fourth-order valence-electron chi connectivity index (χ4n) is 2.28. The van der Waals surface area contributed by atoms with E-state index in [0.29, 0.717) is 19.8 Å². The van der Waals surface area contributed by atoms with Gasteiger partial charge in [-0.05, 0) is 24.9 Å². The number of nitrogens with one attached hydrogen (secondary N) is 1. The fourth-order valence-corrected chi connectivity index (χ4v) is 2.28. The number of carbonyl (C=O) groups is 1. The highest BCUT2D eigenvalue weighted by Gasteiger charge is 2.21. The molecule has 1 heterocycles. The monoisotopic (exact) mass is 278 g/mol. The number of carbonyl (C=O) groups excluding carboxylic acids is 1. The molecule has 1 amide bonds. The van der Waals surface area contributed by atoms with Crippen LogP contribution in [0.2, 0.25) is 0 Å². The van der Waals surface area contributed by atoms with Crippen molar-refractivity contribution in [1.29, 1.82) is 0 Å². The van der Waals surface area contributed by atoms with E-state index in [1.54, 1.807) is 0 Å². The molecule has 0 aromatic heterocycles. The topological polar surface area (TPSA) is 73.6 Å². The van der Waals surface area contributed by atoms with E-state index in [1.807, 2.05) is 30.3 Å². The van der Waals surface area contributed by atoms with Gasteiger partial charge < -0.3 is 20.5 Å². The molecule has 1 aromatic carbocycles. The number of ether oxygens (including phenoxy) is 2. The van der Waals surface area contributed by atoms with Gasteiger partial charge in [0.15, 0.2) is 0 Å². The molecule has 1 fully saturated rings. The maximum absolute atomic E-state index is 11.8. The van der Waals surface area contributed by atoms with E-state index >= 15 is 0 Å². The van der Waals surface area contributed by atoms with Crippen molar-refractivity contribution in [2.24, 2.45) is 5.73 Å². The van der Waals surface area contributed by atoms with Crippen molar-refractivity contribution in [2.75, 3.05) is 19.8 Å². The van der Waals surface area contributed by atoms with Crippen molar-refractivity contribution < 1.29 is 14.3 Å². The lowest BCUT2D eigenvalue weighted by Gasteiger charge is -2.19. The zero-order chi connectivity index (χ0) is 14.2. The Balaban J connectivity index is 1.83. The summed E-state index contributed by atoms with van der Waals surface area (Å²) in [6, 6.07) is 10.0. The summed E-state index contributed by atoms with van der Waals surface area (Å²) in [5.41, 5.74) is 6.79. The van der Waals surface area contributed by atoms with E-state index in [0.717, 1.165) is 19.3 Å². The highest BCUT2D eigenvalue weighted by Crippen LogP contribution is 2.10. The highest BCUT2D eigenvalue weighted by atomic mass is 16.6. The van der Waals surface area contributed by atoms with Gasteiger partial charge in [-0.2, -0.15) is 0 Å². The van der Waals surface area contributed by atoms with E-state index in [1.165, 1.54) is 5.56 Å². The lowest BCUT2D eigenvalue weighted by molar-refractivity contribution is 0.0806. The van der Waals surface area contributed by atoms with Crippen LogP contribution in [-0.4, -0.2) is 38.0 Å². The predicted molar refractivity (Wildman–Crippen MR) is 76.4 cm³/mol. The van der Waals surface area contributed by atoms with Gasteiger partial charge in [0.1, 0.15) is 6.10 Å². The molecule has 2 unspecified atom stereocenters. The van der Waals surface area contributed by atoms with E-state index in [9.17, 15) is 4.79 Å². The molecule has 1 aliphatic heterocycles. The molecular formula is C15H22N2O3. The Morgan fingerprint density at radius 2 is 2.25 bits per heavy atom. The molecule has 0 spiro atoms. The standard InChI is InChI=1S/C15H22N2O3/c16-8-6-13(10-12-4-2-1-3-5-12)17-15(18)20-14-7-9-19-11-14/h1-5,13-14H,6-11,16H2,(H,17,18). The number of hydrogen-bond donors (Lipinski definition) is 2. The second-order valence-corrected chi connectivity index (χ2v) is 5.00. The van der Waals surface area contributed by atoms with Crippen LogP contribution >= 0.6 is 0 Å². The van der Waals surface area contributed by atoms with Crippen LogP contribution < -0.4 is 11.1 Å². The van der Waals surface area contributed by atoms with Crippen LogP contribution in [0.15, 0.2) is 30.3 Å². The fraction of sp³-hybridized carbons (Fsp3) is 0.533. The van der Waals surface area contributed by atoms with Crippen LogP contribution in [0.3, 0.4) is 0 Å². The van der Waals surface area contributed by atoms with Crippen LogP contribution in [-0.2, 0) is 15.9 Å². The first-order valence-corrected chi connectivity index (χ1v) is 7.07. The summed E-state index contributed by atoms with van der Waals surface area (Å²) in [7, 11) is 0. The second kappa shape index (κ2) is 7.87. The summed E-state index contributed by atoms with van der Waals surface area (Å²) in [5, 5.41) is 2.90. The van der Waals surface area contributed by atoms with E-state index in [-0.39, 0.29) is 18.2 Å². The van der Waals surface area contributed by atoms with Crippen LogP contribution in [0.4, 0.5) is 4.79 Å². The van der Waals surface area contributed by atoms with Crippen molar-refractivity contribution in [3.05, 3.63) is 35.9 Å². The number of amides is 1. The minimum absolute atomic E-state index is 0.00257. The summed E-state index contributed by atoms with van der Waals surface area (Å²) in [6.07, 6.45) is 1.76. The smallest absolute Gasteiger partial charge is 0.407 e. The molecule has 20 heavy (non-hydrogen) atoms. The maximum atomic E-state index is 11.8. The Morgan fingerprint density at radius 3 is 2.90 bits per heavy atom. The van der Waals surface area contributed by atoms with Gasteiger partial charge in [0.05, 0.1) is 13.2 Å². The van der Waals surface area contributed by atoms with E-state index in [2.05, 4.69) is 5.32 Å². The van der Waals surface area contributed by atoms with Gasteiger partial charge in [0.25, 0.3) is 0 Å². The zero-order valence-electron chi connectivity index (χ0n) is 11.6. The molecule has 0 saturated carbocycles. The highest BCUT2D eigenvalue weighted by molar-refractivity contribution is 5.67. The van der Waals surface area contributed by atoms with Gasteiger partial charge in [0.2, 0.25) is 0 Å². The quantitative estimate of drug-likeness (QED) is 0.826. The average molecular weight is 278 g/mol. The van der Waals surface area contributed by atoms with Gasteiger partial charge in [-0.1, -0.05) is 30.3 Å². The molecule has 1 aliphatic rings. The van der Waals surface area contributed by atoms with Crippen molar-refractivity contribution in [2.45, 2.75) is 31.4 Å². The van der Waals surface area contributed by atoms with E-state index < -0.39 is 0 Å². The lowest BCUT2D eigenvalue weighted by atomic mass is 10.0. The van der Waals surface area contributed by atoms with Crippen LogP contribution in [0.5, 0.6) is 0 Å². The third kappa shape index (κ3) is 4.83. The molecule has 0 radical (unpaired) electrons. The first-order valence-electron chi connectivity index (χ1n) is 7.07. The van der Waals surface area contributed by atoms with Crippen molar-refractivity contribution in [3.63, 3.8) is 0 Å². The Bertz CT molecular complexity index is 405. The van der Waals surface area contributed by atoms with Crippen molar-refractivity contribution in [1.82, 2.24) is 5.32 Å². The van der Waals surface area contributed by atoms with Crippen LogP contribution in [0.25, 0.3) is 0 Å². The number of rotatable bonds is 6. The first kappa shape index (κ1) is 14.8. The van der Waals surface area contributed by atoms with Crippen LogP contribution in [0, 0.1) is 0 Å². The molecule has 0 aliphatic carbocycles. The molecule has 1 aromatic rings. The average Bonchev–Trinajstić information content (AvgIpc) is 2.93. The predicted octanol–water partition coefficient (Wildman–Crippen LogP) is 1.46. The normalized spacial score (nSPS) is 19.6. The molecule has 0 bridgehead atoms. The number of hydrogen-bond acceptors (Lipinski definition) is 4. The summed E-state index contributed by atoms with van der Waals surface area (Å²) in [5.74, 6) is 0. The molecule has 1 saturated heterocycles. The van der Waals surface area contributed by atoms with Crippen LogP contribution in [0.1, 0.15) is 18.4 Å². The number of benzene rings is 1. The Morgan fingerprint density at radius 1 is 1.45 bits per heavy atom. The SMILES string of the molecule is NCCC(Cc1ccccc1)NC(=O)OC1CCOC1. The molecule has 5 heteroatoms. The molecule has 2 rings (SSSR count). The summed E-state index contributed by atoms with van der Waals surface area (Å²) >= 11 is 0. The van der Waals surface area contributed by atoms with Gasteiger partial charge in [0, 0.05) is 12.5 Å². The summed E-state index contributed by atoms with van der Waals surface area (Å²) in [4.78, 5) is 11.8. The van der Waals surface area contributed by atoms with Gasteiger partial charge in [-0.3, -0.25) is 0 Å². The van der Waals surface area contributed by atoms with Gasteiger partial charge in [-0.15, -0.1) is 0 Å². The molecule has 3 N–H and O–H groups in total. The molecule has 5 nitrogen and oxygen atoms in total. The third-order valence-electron chi connectivity index (χ3n) is 3.32. The third-order valence-corrected chi connectivity index (χ3v) is 3.32. The molecule has 110 valence electrons. The van der Waals surface area contributed by atoms with E-state index in [4.69, 9.17) is 15.2 Å². The minimum Gasteiger partial charge on any atom is -0.444 e. The zero-order valence-corrected chi connectivity index (χ0v) is 11.6. The minimum atomic E-state index is -0.380. The van der Waals surface area contributed by atoms with Crippen molar-refractivity contribution in [3.8, 4) is 0 Å². The second-order valence-electron chi connectivity index (χ2n) is 5.00. The summed E-state index contributed by atoms with van der Waals surface area (Å²) in [6.45, 7) is 1.69. The van der Waals surface area contributed by atoms with Crippen molar-refractivity contribution >= 4 is 6.09 Å². The maximum Gasteiger partial charge on any atom is 0.407 e. The largest absolute Gasteiger partial charge is 0.444 e. The Kier molecular flexibility index (Phi) is 5.83.